The van der Waals surface area contributed by atoms with Crippen molar-refractivity contribution < 1.29 is 14.0 Å². The number of hydrogen-bond donors (Lipinski definition) is 0. The van der Waals surface area contributed by atoms with E-state index in [-0.39, 0.29) is 28.7 Å². The van der Waals surface area contributed by atoms with Gasteiger partial charge in [-0.15, -0.1) is 0 Å². The van der Waals surface area contributed by atoms with E-state index < -0.39 is 0 Å². The normalized spacial score (nSPS) is 14.9. The van der Waals surface area contributed by atoms with Crippen molar-refractivity contribution in [2.24, 2.45) is 0 Å². The third-order valence-corrected chi connectivity index (χ3v) is 4.96. The molecule has 0 aromatic carbocycles. The van der Waals surface area contributed by atoms with Gasteiger partial charge in [0.05, 0.1) is 6.26 Å². The third kappa shape index (κ3) is 3.17. The molecule has 4 heterocycles. The molecule has 8 heteroatoms. The van der Waals surface area contributed by atoms with Crippen LogP contribution >= 0.6 is 0 Å². The van der Waals surface area contributed by atoms with Crippen LogP contribution in [0.4, 0.5) is 0 Å². The van der Waals surface area contributed by atoms with Gasteiger partial charge >= 0.3 is 0 Å². The molecule has 0 radical (unpaired) electrons. The minimum Gasteiger partial charge on any atom is -0.459 e. The van der Waals surface area contributed by atoms with Gasteiger partial charge in [-0.2, -0.15) is 0 Å². The van der Waals surface area contributed by atoms with Gasteiger partial charge in [0.1, 0.15) is 11.2 Å². The Balaban J connectivity index is 1.55. The van der Waals surface area contributed by atoms with Gasteiger partial charge < -0.3 is 14.2 Å². The third-order valence-electron chi connectivity index (χ3n) is 4.96. The lowest BCUT2D eigenvalue weighted by molar-refractivity contribution is 0.0699. The van der Waals surface area contributed by atoms with E-state index in [2.05, 4.69) is 4.98 Å². The zero-order valence-corrected chi connectivity index (χ0v) is 15.5. The van der Waals surface area contributed by atoms with E-state index in [4.69, 9.17) is 4.42 Å². The Hall–Kier alpha value is -3.42. The highest BCUT2D eigenvalue weighted by molar-refractivity contribution is 5.94. The number of carbonyl (C=O) groups excluding carboxylic acids is 2. The molecule has 3 aromatic rings. The van der Waals surface area contributed by atoms with Gasteiger partial charge in [0, 0.05) is 38.1 Å². The molecule has 0 unspecified atom stereocenters. The molecule has 1 aliphatic heterocycles. The number of aryl methyl sites for hydroxylation is 1. The quantitative estimate of drug-likeness (QED) is 0.674. The maximum Gasteiger partial charge on any atom is 0.289 e. The summed E-state index contributed by atoms with van der Waals surface area (Å²) in [6, 6.07) is 8.64. The minimum atomic E-state index is -0.374. The lowest BCUT2D eigenvalue weighted by atomic mass is 10.2. The molecule has 0 N–H and O–H groups in total. The Kier molecular flexibility index (Phi) is 4.68. The summed E-state index contributed by atoms with van der Waals surface area (Å²) in [5.41, 5.74) is 0.891. The van der Waals surface area contributed by atoms with E-state index in [0.717, 1.165) is 5.69 Å². The monoisotopic (exact) mass is 380 g/mol. The van der Waals surface area contributed by atoms with E-state index >= 15 is 0 Å². The van der Waals surface area contributed by atoms with Gasteiger partial charge in [-0.05, 0) is 37.6 Å². The molecule has 0 spiro atoms. The second-order valence-corrected chi connectivity index (χ2v) is 6.75. The molecular formula is C20H20N4O4. The molecule has 0 saturated carbocycles. The average Bonchev–Trinajstić information content (AvgIpc) is 3.12. The number of fused-ring (bicyclic) bond motifs is 1. The van der Waals surface area contributed by atoms with Crippen molar-refractivity contribution in [3.8, 4) is 0 Å². The second-order valence-electron chi connectivity index (χ2n) is 6.75. The highest BCUT2D eigenvalue weighted by Gasteiger charge is 2.26. The van der Waals surface area contributed by atoms with Crippen LogP contribution in [0.5, 0.6) is 0 Å². The topological polar surface area (TPSA) is 88.1 Å². The maximum absolute atomic E-state index is 13.0. The Morgan fingerprint density at radius 2 is 1.75 bits per heavy atom. The summed E-state index contributed by atoms with van der Waals surface area (Å²) >= 11 is 0. The van der Waals surface area contributed by atoms with Crippen LogP contribution in [0.2, 0.25) is 0 Å². The number of pyridine rings is 1. The van der Waals surface area contributed by atoms with Crippen LogP contribution in [-0.4, -0.2) is 57.2 Å². The van der Waals surface area contributed by atoms with Crippen molar-refractivity contribution in [1.29, 1.82) is 0 Å². The van der Waals surface area contributed by atoms with E-state index in [1.807, 2.05) is 6.07 Å². The van der Waals surface area contributed by atoms with Crippen molar-refractivity contribution in [1.82, 2.24) is 19.2 Å². The van der Waals surface area contributed by atoms with Gasteiger partial charge in [0.25, 0.3) is 17.4 Å². The van der Waals surface area contributed by atoms with Gasteiger partial charge in [-0.25, -0.2) is 4.98 Å². The zero-order chi connectivity index (χ0) is 19.7. The number of nitrogens with zero attached hydrogens (tertiary/aromatic N) is 4. The first-order valence-electron chi connectivity index (χ1n) is 9.15. The predicted molar refractivity (Wildman–Crippen MR) is 101 cm³/mol. The Morgan fingerprint density at radius 1 is 1.00 bits per heavy atom. The van der Waals surface area contributed by atoms with Gasteiger partial charge in [-0.3, -0.25) is 18.8 Å². The zero-order valence-electron chi connectivity index (χ0n) is 15.5. The molecule has 144 valence electrons. The number of furan rings is 1. The standard InChI is InChI=1S/C20H20N4O4/c1-14-5-2-7-17-21-13-15(19(26)24(14)17)18(25)22-8-4-9-23(11-10-22)20(27)16-6-3-12-28-16/h2-3,5-7,12-13H,4,8-11H2,1H3. The summed E-state index contributed by atoms with van der Waals surface area (Å²) in [4.78, 5) is 45.8. The summed E-state index contributed by atoms with van der Waals surface area (Å²) in [6.07, 6.45) is 3.43. The van der Waals surface area contributed by atoms with Crippen LogP contribution < -0.4 is 5.56 Å². The molecule has 1 saturated heterocycles. The molecule has 2 amide bonds. The average molecular weight is 380 g/mol. The summed E-state index contributed by atoms with van der Waals surface area (Å²) in [7, 11) is 0. The summed E-state index contributed by atoms with van der Waals surface area (Å²) in [5, 5.41) is 0. The van der Waals surface area contributed by atoms with E-state index in [0.29, 0.717) is 38.2 Å². The van der Waals surface area contributed by atoms with Crippen molar-refractivity contribution >= 4 is 17.5 Å². The lowest BCUT2D eigenvalue weighted by Crippen LogP contribution is -2.39. The van der Waals surface area contributed by atoms with Gasteiger partial charge in [-0.1, -0.05) is 6.07 Å². The number of hydrogen-bond acceptors (Lipinski definition) is 5. The first-order chi connectivity index (χ1) is 13.6. The Bertz CT molecular complexity index is 1090. The molecule has 0 bridgehead atoms. The second kappa shape index (κ2) is 7.30. The van der Waals surface area contributed by atoms with E-state index in [1.54, 1.807) is 41.0 Å². The molecule has 1 aliphatic rings. The SMILES string of the molecule is Cc1cccc2ncc(C(=O)N3CCCN(C(=O)c4ccco4)CC3)c(=O)n12. The molecule has 8 nitrogen and oxygen atoms in total. The Morgan fingerprint density at radius 3 is 2.46 bits per heavy atom. The number of carbonyl (C=O) groups is 2. The largest absolute Gasteiger partial charge is 0.459 e. The van der Waals surface area contributed by atoms with Gasteiger partial charge in [0.15, 0.2) is 5.76 Å². The van der Waals surface area contributed by atoms with Crippen LogP contribution in [0.15, 0.2) is 52.0 Å². The fraction of sp³-hybridized carbons (Fsp3) is 0.300. The highest BCUT2D eigenvalue weighted by atomic mass is 16.3. The smallest absolute Gasteiger partial charge is 0.289 e. The number of amides is 2. The fourth-order valence-corrected chi connectivity index (χ4v) is 3.47. The summed E-state index contributed by atoms with van der Waals surface area (Å²) in [5.74, 6) is -0.267. The van der Waals surface area contributed by atoms with Crippen LogP contribution in [0.3, 0.4) is 0 Å². The van der Waals surface area contributed by atoms with Crippen LogP contribution in [-0.2, 0) is 0 Å². The molecule has 28 heavy (non-hydrogen) atoms. The first-order valence-corrected chi connectivity index (χ1v) is 9.15. The van der Waals surface area contributed by atoms with Crippen molar-refractivity contribution in [2.75, 3.05) is 26.2 Å². The first kappa shape index (κ1) is 18.0. The molecular weight excluding hydrogens is 360 g/mol. The van der Waals surface area contributed by atoms with Crippen LogP contribution in [0, 0.1) is 6.92 Å². The van der Waals surface area contributed by atoms with Gasteiger partial charge in [0.2, 0.25) is 0 Å². The molecule has 3 aromatic heterocycles. The number of aromatic nitrogens is 2. The molecule has 4 rings (SSSR count). The van der Waals surface area contributed by atoms with Crippen LogP contribution in [0.1, 0.15) is 33.0 Å². The van der Waals surface area contributed by atoms with Crippen molar-refractivity contribution in [3.63, 3.8) is 0 Å². The van der Waals surface area contributed by atoms with E-state index in [9.17, 15) is 14.4 Å². The highest BCUT2D eigenvalue weighted by Crippen LogP contribution is 2.12. The van der Waals surface area contributed by atoms with Crippen LogP contribution in [0.25, 0.3) is 5.65 Å². The molecule has 0 aliphatic carbocycles. The summed E-state index contributed by atoms with van der Waals surface area (Å²) < 4.78 is 6.62. The maximum atomic E-state index is 13.0. The predicted octanol–water partition coefficient (Wildman–Crippen LogP) is 1.58. The van der Waals surface area contributed by atoms with Crippen molar-refractivity contribution in [2.45, 2.75) is 13.3 Å². The lowest BCUT2D eigenvalue weighted by Gasteiger charge is -2.21. The molecule has 0 atom stereocenters. The van der Waals surface area contributed by atoms with Crippen molar-refractivity contribution in [3.05, 3.63) is 70.2 Å². The fourth-order valence-electron chi connectivity index (χ4n) is 3.47. The Labute approximate surface area is 161 Å². The number of rotatable bonds is 2. The minimum absolute atomic E-state index is 0.0395. The summed E-state index contributed by atoms with van der Waals surface area (Å²) in [6.45, 7) is 3.52. The molecule has 1 fully saturated rings. The van der Waals surface area contributed by atoms with E-state index in [1.165, 1.54) is 16.9 Å².